The van der Waals surface area contributed by atoms with Gasteiger partial charge >= 0.3 is 0 Å². The molecule has 0 bridgehead atoms. The molecule has 1 aliphatic heterocycles. The number of morpholine rings is 1. The summed E-state index contributed by atoms with van der Waals surface area (Å²) >= 11 is 0. The first-order chi connectivity index (χ1) is 9.95. The van der Waals surface area contributed by atoms with Gasteiger partial charge in [-0.2, -0.15) is 0 Å². The Hall–Kier alpha value is -1.89. The average molecular weight is 294 g/mol. The van der Waals surface area contributed by atoms with E-state index in [2.05, 4.69) is 24.1 Å². The molecular formula is C14H22N4O3. The fraction of sp³-hybridized carbons (Fsp3) is 0.643. The molecule has 0 radical (unpaired) electrons. The normalized spacial score (nSPS) is 19.1. The quantitative estimate of drug-likeness (QED) is 0.831. The van der Waals surface area contributed by atoms with E-state index in [0.29, 0.717) is 31.2 Å². The van der Waals surface area contributed by atoms with Crippen LogP contribution in [0.3, 0.4) is 0 Å². The Morgan fingerprint density at radius 3 is 2.95 bits per heavy atom. The van der Waals surface area contributed by atoms with Crippen LogP contribution in [0.5, 0.6) is 0 Å². The van der Waals surface area contributed by atoms with Gasteiger partial charge < -0.3 is 19.5 Å². The highest BCUT2D eigenvalue weighted by Crippen LogP contribution is 2.09. The van der Waals surface area contributed by atoms with E-state index in [1.165, 1.54) is 0 Å². The summed E-state index contributed by atoms with van der Waals surface area (Å²) in [6, 6.07) is 0. The van der Waals surface area contributed by atoms with Gasteiger partial charge in [0.05, 0.1) is 12.4 Å². The van der Waals surface area contributed by atoms with Crippen LogP contribution in [0.1, 0.15) is 24.3 Å². The van der Waals surface area contributed by atoms with Crippen molar-refractivity contribution in [3.63, 3.8) is 0 Å². The van der Waals surface area contributed by atoms with E-state index in [4.69, 9.17) is 4.74 Å². The lowest BCUT2D eigenvalue weighted by Gasteiger charge is -2.33. The number of rotatable bonds is 5. The molecule has 1 N–H and O–H groups in total. The van der Waals surface area contributed by atoms with Gasteiger partial charge in [-0.05, 0) is 5.92 Å². The molecule has 21 heavy (non-hydrogen) atoms. The fourth-order valence-electron chi connectivity index (χ4n) is 2.25. The minimum atomic E-state index is -0.230. The molecule has 2 amide bonds. The smallest absolute Gasteiger partial charge is 0.271 e. The molecule has 1 atom stereocenters. The number of carbonyl (C=O) groups excluding carboxylic acids is 2. The Kier molecular flexibility index (Phi) is 4.95. The number of aromatic nitrogens is 2. The van der Waals surface area contributed by atoms with Gasteiger partial charge in [0.1, 0.15) is 12.3 Å². The number of aryl methyl sites for hydroxylation is 1. The maximum atomic E-state index is 11.9. The maximum absolute atomic E-state index is 11.9. The first kappa shape index (κ1) is 15.5. The molecule has 0 aliphatic carbocycles. The molecule has 1 aromatic rings. The molecule has 0 aromatic carbocycles. The summed E-state index contributed by atoms with van der Waals surface area (Å²) in [6.45, 7) is 5.82. The topological polar surface area (TPSA) is 76.5 Å². The monoisotopic (exact) mass is 294 g/mol. The highest BCUT2D eigenvalue weighted by Gasteiger charge is 2.27. The van der Waals surface area contributed by atoms with Crippen LogP contribution in [0.2, 0.25) is 0 Å². The number of imidazole rings is 1. The van der Waals surface area contributed by atoms with Gasteiger partial charge in [0.25, 0.3) is 5.91 Å². The van der Waals surface area contributed by atoms with Crippen molar-refractivity contribution in [2.75, 3.05) is 26.2 Å². The van der Waals surface area contributed by atoms with E-state index in [1.807, 2.05) is 7.05 Å². The van der Waals surface area contributed by atoms with Crippen LogP contribution >= 0.6 is 0 Å². The number of nitrogens with one attached hydrogen (secondary N) is 1. The lowest BCUT2D eigenvalue weighted by atomic mass is 10.1. The Morgan fingerprint density at radius 2 is 2.33 bits per heavy atom. The van der Waals surface area contributed by atoms with Gasteiger partial charge in [0, 0.05) is 32.9 Å². The fourth-order valence-corrected chi connectivity index (χ4v) is 2.25. The summed E-state index contributed by atoms with van der Waals surface area (Å²) < 4.78 is 7.18. The van der Waals surface area contributed by atoms with Crippen molar-refractivity contribution in [1.82, 2.24) is 19.8 Å². The van der Waals surface area contributed by atoms with E-state index in [0.717, 1.165) is 0 Å². The molecule has 1 saturated heterocycles. The highest BCUT2D eigenvalue weighted by atomic mass is 16.5. The van der Waals surface area contributed by atoms with Gasteiger partial charge in [-0.3, -0.25) is 9.59 Å². The number of amides is 2. The van der Waals surface area contributed by atoms with Crippen molar-refractivity contribution in [2.45, 2.75) is 20.0 Å². The van der Waals surface area contributed by atoms with Crippen LogP contribution in [0.15, 0.2) is 12.5 Å². The second-order valence-electron chi connectivity index (χ2n) is 5.76. The number of carbonyl (C=O) groups is 2. The van der Waals surface area contributed by atoms with Crippen molar-refractivity contribution in [1.29, 1.82) is 0 Å². The van der Waals surface area contributed by atoms with E-state index in [-0.39, 0.29) is 24.5 Å². The highest BCUT2D eigenvalue weighted by molar-refractivity contribution is 5.92. The number of nitrogens with zero attached hydrogens (tertiary/aromatic N) is 3. The molecule has 116 valence electrons. The molecule has 0 spiro atoms. The third-order valence-corrected chi connectivity index (χ3v) is 3.23. The molecule has 0 saturated carbocycles. The summed E-state index contributed by atoms with van der Waals surface area (Å²) in [7, 11) is 1.81. The molecule has 2 heterocycles. The van der Waals surface area contributed by atoms with Crippen LogP contribution in [0.4, 0.5) is 0 Å². The summed E-state index contributed by atoms with van der Waals surface area (Å²) in [6.07, 6.45) is 3.06. The van der Waals surface area contributed by atoms with Crippen LogP contribution < -0.4 is 5.32 Å². The van der Waals surface area contributed by atoms with Gasteiger partial charge in [0.2, 0.25) is 5.91 Å². The lowest BCUT2D eigenvalue weighted by molar-refractivity contribution is -0.149. The molecular weight excluding hydrogens is 272 g/mol. The first-order valence-electron chi connectivity index (χ1n) is 7.11. The van der Waals surface area contributed by atoms with E-state index in [1.54, 1.807) is 22.0 Å². The number of hydrogen-bond acceptors (Lipinski definition) is 4. The predicted molar refractivity (Wildman–Crippen MR) is 76.7 cm³/mol. The van der Waals surface area contributed by atoms with Crippen LogP contribution in [-0.4, -0.2) is 58.6 Å². The summed E-state index contributed by atoms with van der Waals surface area (Å²) in [4.78, 5) is 29.4. The van der Waals surface area contributed by atoms with Gasteiger partial charge in [-0.1, -0.05) is 13.8 Å². The Labute approximate surface area is 124 Å². The predicted octanol–water partition coefficient (Wildman–Crippen LogP) is 0.0333. The number of hydrogen-bond donors (Lipinski definition) is 1. The van der Waals surface area contributed by atoms with Gasteiger partial charge in [-0.25, -0.2) is 4.98 Å². The minimum Gasteiger partial charge on any atom is -0.365 e. The minimum absolute atomic E-state index is 0.0102. The Bertz CT molecular complexity index is 512. The zero-order valence-corrected chi connectivity index (χ0v) is 12.7. The third kappa shape index (κ3) is 4.29. The van der Waals surface area contributed by atoms with E-state index in [9.17, 15) is 9.59 Å². The first-order valence-corrected chi connectivity index (χ1v) is 7.11. The van der Waals surface area contributed by atoms with Crippen LogP contribution in [-0.2, 0) is 16.6 Å². The molecule has 1 aromatic heterocycles. The van der Waals surface area contributed by atoms with Gasteiger partial charge in [-0.15, -0.1) is 0 Å². The zero-order chi connectivity index (χ0) is 15.4. The Morgan fingerprint density at radius 1 is 1.57 bits per heavy atom. The SMILES string of the molecule is CC(C)CN1CC(CNC(=O)c2cn(C)cn2)OCC1=O. The standard InChI is InChI=1S/C14H22N4O3/c1-10(2)5-18-6-11(21-8-13(18)19)4-15-14(20)12-7-17(3)9-16-12/h7,9-11H,4-6,8H2,1-3H3,(H,15,20). The summed E-state index contributed by atoms with van der Waals surface area (Å²) in [5, 5.41) is 2.79. The molecule has 1 aliphatic rings. The number of ether oxygens (including phenoxy) is 1. The molecule has 7 nitrogen and oxygen atoms in total. The molecule has 1 unspecified atom stereocenters. The zero-order valence-electron chi connectivity index (χ0n) is 12.7. The van der Waals surface area contributed by atoms with Crippen molar-refractivity contribution < 1.29 is 14.3 Å². The average Bonchev–Trinajstić information content (AvgIpc) is 2.85. The van der Waals surface area contributed by atoms with Crippen molar-refractivity contribution in [2.24, 2.45) is 13.0 Å². The van der Waals surface area contributed by atoms with E-state index < -0.39 is 0 Å². The second-order valence-corrected chi connectivity index (χ2v) is 5.76. The third-order valence-electron chi connectivity index (χ3n) is 3.23. The summed E-state index contributed by atoms with van der Waals surface area (Å²) in [5.74, 6) is 0.193. The molecule has 7 heteroatoms. The van der Waals surface area contributed by atoms with E-state index >= 15 is 0 Å². The Balaban J connectivity index is 1.83. The molecule has 2 rings (SSSR count). The van der Waals surface area contributed by atoms with Crippen LogP contribution in [0.25, 0.3) is 0 Å². The van der Waals surface area contributed by atoms with Crippen molar-refractivity contribution in [3.05, 3.63) is 18.2 Å². The lowest BCUT2D eigenvalue weighted by Crippen LogP contribution is -2.51. The van der Waals surface area contributed by atoms with Gasteiger partial charge in [0.15, 0.2) is 0 Å². The summed E-state index contributed by atoms with van der Waals surface area (Å²) in [5.41, 5.74) is 0.378. The largest absolute Gasteiger partial charge is 0.365 e. The van der Waals surface area contributed by atoms with Crippen LogP contribution in [0, 0.1) is 5.92 Å². The maximum Gasteiger partial charge on any atom is 0.271 e. The molecule has 1 fully saturated rings. The second kappa shape index (κ2) is 6.71. The van der Waals surface area contributed by atoms with Crippen molar-refractivity contribution in [3.8, 4) is 0 Å². The van der Waals surface area contributed by atoms with Crippen molar-refractivity contribution >= 4 is 11.8 Å².